The normalized spacial score (nSPS) is 10.6. The van der Waals surface area contributed by atoms with Crippen molar-refractivity contribution in [1.82, 2.24) is 4.98 Å². The predicted octanol–water partition coefficient (Wildman–Crippen LogP) is 0.863. The van der Waals surface area contributed by atoms with Crippen LogP contribution in [0, 0.1) is 6.92 Å². The lowest BCUT2D eigenvalue weighted by atomic mass is 10.2. The Morgan fingerprint density at radius 2 is 2.27 bits per heavy atom. The number of nitrogens with zero attached hydrogens (tertiary/aromatic N) is 1. The van der Waals surface area contributed by atoms with Crippen LogP contribution in [0.1, 0.15) is 5.56 Å². The molecule has 0 bridgehead atoms. The molecule has 1 nitrogen and oxygen atoms in total. The number of fused-ring (bicyclic) bond motifs is 1. The lowest BCUT2D eigenvalue weighted by molar-refractivity contribution is 1.47. The van der Waals surface area contributed by atoms with Gasteiger partial charge in [-0.05, 0) is 24.6 Å². The van der Waals surface area contributed by atoms with E-state index < -0.39 is 0 Å². The summed E-state index contributed by atoms with van der Waals surface area (Å²) in [5.74, 6) is 0. The molecule has 3 heteroatoms. The van der Waals surface area contributed by atoms with Crippen molar-refractivity contribution in [1.29, 1.82) is 0 Å². The molecule has 1 heterocycles. The number of hydrogen-bond donors (Lipinski definition) is 0. The molecule has 0 aliphatic carbocycles. The van der Waals surface area contributed by atoms with E-state index in [1.165, 1.54) is 10.3 Å². The van der Waals surface area contributed by atoms with E-state index in [9.17, 15) is 0 Å². The van der Waals surface area contributed by atoms with Crippen LogP contribution in [-0.2, 0) is 0 Å². The van der Waals surface area contributed by atoms with Gasteiger partial charge in [-0.3, -0.25) is 4.98 Å². The van der Waals surface area contributed by atoms with Gasteiger partial charge in [0.25, 0.3) is 0 Å². The van der Waals surface area contributed by atoms with Crippen LogP contribution in [0.5, 0.6) is 0 Å². The van der Waals surface area contributed by atoms with E-state index in [0.29, 0.717) is 0 Å². The molecule has 2 rings (SSSR count). The highest BCUT2D eigenvalue weighted by molar-refractivity contribution is 7.25. The molecule has 0 aliphatic rings. The van der Waals surface area contributed by atoms with Gasteiger partial charge in [-0.15, -0.1) is 11.3 Å². The molecule has 0 N–H and O–H groups in total. The minimum Gasteiger partial charge on any atom is -0.252 e. The fraction of sp³-hybridized carbons (Fsp3) is 0.125. The Bertz CT molecular complexity index is 394. The number of rotatable bonds is 0. The smallest absolute Gasteiger partial charge is 0.177 e. The molecule has 0 aliphatic heterocycles. The second kappa shape index (κ2) is 2.34. The van der Waals surface area contributed by atoms with Crippen LogP contribution < -0.4 is 4.91 Å². The first-order chi connectivity index (χ1) is 5.25. The highest BCUT2D eigenvalue weighted by Crippen LogP contribution is 2.16. The lowest BCUT2D eigenvalue weighted by Gasteiger charge is -1.88. The Labute approximate surface area is 70.5 Å². The Morgan fingerprint density at radius 3 is 3.09 bits per heavy atom. The first-order valence-electron chi connectivity index (χ1n) is 3.59. The maximum atomic E-state index is 4.39. The zero-order valence-corrected chi connectivity index (χ0v) is 7.40. The maximum Gasteiger partial charge on any atom is 0.177 e. The third-order valence-corrected chi connectivity index (χ3v) is 2.60. The molecule has 11 heavy (non-hydrogen) atoms. The molecule has 1 aromatic heterocycles. The van der Waals surface area contributed by atoms with Crippen molar-refractivity contribution >= 4 is 34.3 Å². The minimum atomic E-state index is 1.13. The van der Waals surface area contributed by atoms with Crippen molar-refractivity contribution in [3.05, 3.63) is 23.8 Å². The van der Waals surface area contributed by atoms with E-state index in [1.807, 2.05) is 7.85 Å². The van der Waals surface area contributed by atoms with Gasteiger partial charge in [-0.2, -0.15) is 0 Å². The summed E-state index contributed by atoms with van der Waals surface area (Å²) < 4.78 is 1.29. The average molecular weight is 161 g/mol. The molecular weight excluding hydrogens is 153 g/mol. The summed E-state index contributed by atoms with van der Waals surface area (Å²) in [5.41, 5.74) is 2.41. The Hall–Kier alpha value is -0.825. The van der Waals surface area contributed by atoms with Gasteiger partial charge in [0, 0.05) is 4.91 Å². The standard InChI is InChI=1S/C8H8BNS/c1-5-2-3-7-6(4-5)10-8(9)11-7/h2-4H,9H2,1H3. The first-order valence-corrected chi connectivity index (χ1v) is 4.41. The molecule has 0 saturated heterocycles. The molecule has 1 aromatic carbocycles. The van der Waals surface area contributed by atoms with Crippen LogP contribution in [0.2, 0.25) is 0 Å². The molecule has 0 spiro atoms. The van der Waals surface area contributed by atoms with Gasteiger partial charge >= 0.3 is 0 Å². The van der Waals surface area contributed by atoms with Crippen molar-refractivity contribution in [2.75, 3.05) is 0 Å². The van der Waals surface area contributed by atoms with Crippen molar-refractivity contribution in [2.24, 2.45) is 0 Å². The zero-order chi connectivity index (χ0) is 7.84. The molecular formula is C8H8BNS. The van der Waals surface area contributed by atoms with Gasteiger partial charge in [0.05, 0.1) is 10.2 Å². The van der Waals surface area contributed by atoms with Crippen LogP contribution in [0.25, 0.3) is 10.2 Å². The molecule has 0 amide bonds. The van der Waals surface area contributed by atoms with Crippen molar-refractivity contribution in [3.63, 3.8) is 0 Å². The molecule has 0 atom stereocenters. The molecule has 0 unspecified atom stereocenters. The lowest BCUT2D eigenvalue weighted by Crippen LogP contribution is -1.96. The molecule has 0 fully saturated rings. The molecule has 2 aromatic rings. The van der Waals surface area contributed by atoms with Crippen LogP contribution >= 0.6 is 11.3 Å². The zero-order valence-electron chi connectivity index (χ0n) is 6.59. The first kappa shape index (κ1) is 6.86. The van der Waals surface area contributed by atoms with Gasteiger partial charge in [-0.25, -0.2) is 0 Å². The third kappa shape index (κ3) is 1.16. The Morgan fingerprint density at radius 1 is 1.45 bits per heavy atom. The fourth-order valence-electron chi connectivity index (χ4n) is 1.15. The van der Waals surface area contributed by atoms with Gasteiger partial charge in [-0.1, -0.05) is 6.07 Å². The molecule has 0 saturated carbocycles. The number of hydrogen-bond acceptors (Lipinski definition) is 2. The number of aromatic nitrogens is 1. The third-order valence-electron chi connectivity index (χ3n) is 1.65. The molecule has 54 valence electrons. The number of thiazole rings is 1. The number of aryl methyl sites for hydroxylation is 1. The van der Waals surface area contributed by atoms with Crippen LogP contribution in [-0.4, -0.2) is 12.8 Å². The summed E-state index contributed by atoms with van der Waals surface area (Å²) in [6.45, 7) is 2.09. The maximum absolute atomic E-state index is 4.39. The summed E-state index contributed by atoms with van der Waals surface area (Å²) >= 11 is 1.75. The average Bonchev–Trinajstić information content (AvgIpc) is 2.27. The summed E-state index contributed by atoms with van der Waals surface area (Å²) in [6, 6.07) is 6.38. The summed E-state index contributed by atoms with van der Waals surface area (Å²) in [4.78, 5) is 5.54. The highest BCUT2D eigenvalue weighted by Gasteiger charge is 1.97. The van der Waals surface area contributed by atoms with Gasteiger partial charge in [0.2, 0.25) is 0 Å². The van der Waals surface area contributed by atoms with Crippen molar-refractivity contribution in [3.8, 4) is 0 Å². The van der Waals surface area contributed by atoms with Crippen LogP contribution in [0.15, 0.2) is 18.2 Å². The Balaban J connectivity index is 2.82. The van der Waals surface area contributed by atoms with Crippen molar-refractivity contribution in [2.45, 2.75) is 6.92 Å². The van der Waals surface area contributed by atoms with E-state index in [4.69, 9.17) is 0 Å². The van der Waals surface area contributed by atoms with E-state index in [2.05, 4.69) is 30.1 Å². The number of benzene rings is 1. The largest absolute Gasteiger partial charge is 0.252 e. The quantitative estimate of drug-likeness (QED) is 0.522. The van der Waals surface area contributed by atoms with E-state index in [0.717, 1.165) is 10.4 Å². The summed E-state index contributed by atoms with van der Waals surface area (Å²) in [7, 11) is 2.04. The second-order valence-electron chi connectivity index (χ2n) is 2.70. The minimum absolute atomic E-state index is 1.13. The van der Waals surface area contributed by atoms with Crippen molar-refractivity contribution < 1.29 is 0 Å². The van der Waals surface area contributed by atoms with Gasteiger partial charge in [0.1, 0.15) is 0 Å². The molecule has 0 radical (unpaired) electrons. The fourth-order valence-corrected chi connectivity index (χ4v) is 1.96. The monoisotopic (exact) mass is 161 g/mol. The summed E-state index contributed by atoms with van der Waals surface area (Å²) in [5, 5.41) is 0. The van der Waals surface area contributed by atoms with E-state index in [-0.39, 0.29) is 0 Å². The second-order valence-corrected chi connectivity index (χ2v) is 3.94. The van der Waals surface area contributed by atoms with E-state index in [1.54, 1.807) is 11.3 Å². The van der Waals surface area contributed by atoms with Gasteiger partial charge < -0.3 is 0 Å². The Kier molecular flexibility index (Phi) is 1.46. The summed E-state index contributed by atoms with van der Waals surface area (Å²) in [6.07, 6.45) is 0. The SMILES string of the molecule is Bc1nc2cc(C)ccc2s1. The van der Waals surface area contributed by atoms with Crippen LogP contribution in [0.4, 0.5) is 0 Å². The highest BCUT2D eigenvalue weighted by atomic mass is 32.1. The van der Waals surface area contributed by atoms with Gasteiger partial charge in [0.15, 0.2) is 7.85 Å². The van der Waals surface area contributed by atoms with E-state index >= 15 is 0 Å². The predicted molar refractivity (Wildman–Crippen MR) is 52.5 cm³/mol. The topological polar surface area (TPSA) is 12.9 Å². The van der Waals surface area contributed by atoms with Crippen LogP contribution in [0.3, 0.4) is 0 Å².